The highest BCUT2D eigenvalue weighted by atomic mass is 16.5. The van der Waals surface area contributed by atoms with E-state index in [1.165, 1.54) is 257 Å². The number of carbonyl (C=O) groups excluding carboxylic acids is 2. The molecule has 2 unspecified atom stereocenters. The summed E-state index contributed by atoms with van der Waals surface area (Å²) in [4.78, 5) is 24.4. The summed E-state index contributed by atoms with van der Waals surface area (Å²) in [6.45, 7) is 4.89. The summed E-state index contributed by atoms with van der Waals surface area (Å²) in [5.41, 5.74) is 0. The summed E-state index contributed by atoms with van der Waals surface area (Å²) in [6, 6.07) is -0.625. The molecule has 380 valence electrons. The van der Waals surface area contributed by atoms with Gasteiger partial charge in [-0.25, -0.2) is 0 Å². The maximum Gasteiger partial charge on any atom is 0.305 e. The Morgan fingerprint density at radius 3 is 1.06 bits per heavy atom. The maximum atomic E-state index is 12.4. The summed E-state index contributed by atoms with van der Waals surface area (Å²) in [7, 11) is 0. The maximum absolute atomic E-state index is 12.4. The van der Waals surface area contributed by atoms with Crippen molar-refractivity contribution >= 4 is 11.9 Å². The van der Waals surface area contributed by atoms with Crippen molar-refractivity contribution in [1.29, 1.82) is 0 Å². The highest BCUT2D eigenvalue weighted by Crippen LogP contribution is 2.17. The molecule has 64 heavy (non-hydrogen) atoms. The molecule has 0 radical (unpaired) electrons. The molecular weight excluding hydrogens is 791 g/mol. The molecule has 0 aromatic carbocycles. The average molecular weight is 905 g/mol. The largest absolute Gasteiger partial charge is 0.466 e. The number of esters is 1. The minimum absolute atomic E-state index is 0.0155. The van der Waals surface area contributed by atoms with Gasteiger partial charge in [0, 0.05) is 12.8 Å². The first-order valence-corrected chi connectivity index (χ1v) is 29.0. The van der Waals surface area contributed by atoms with Gasteiger partial charge in [-0.3, -0.25) is 9.59 Å². The number of rotatable bonds is 54. The van der Waals surface area contributed by atoms with Crippen molar-refractivity contribution < 1.29 is 24.5 Å². The van der Waals surface area contributed by atoms with Gasteiger partial charge in [0.25, 0.3) is 0 Å². The summed E-state index contributed by atoms with van der Waals surface area (Å²) in [5, 5.41) is 22.9. The van der Waals surface area contributed by atoms with Crippen molar-refractivity contribution in [1.82, 2.24) is 5.32 Å². The van der Waals surface area contributed by atoms with Crippen LogP contribution in [0.1, 0.15) is 322 Å². The molecule has 0 fully saturated rings. The summed E-state index contributed by atoms with van der Waals surface area (Å²) in [5.74, 6) is -0.0551. The minimum atomic E-state index is -0.842. The zero-order chi connectivity index (χ0) is 46.5. The second-order valence-corrected chi connectivity index (χ2v) is 20.0. The van der Waals surface area contributed by atoms with E-state index in [0.717, 1.165) is 38.5 Å². The third-order valence-electron chi connectivity index (χ3n) is 13.6. The first-order valence-electron chi connectivity index (χ1n) is 29.0. The van der Waals surface area contributed by atoms with Crippen LogP contribution in [-0.2, 0) is 14.3 Å². The van der Waals surface area contributed by atoms with Crippen molar-refractivity contribution in [3.8, 4) is 0 Å². The van der Waals surface area contributed by atoms with Gasteiger partial charge in [-0.05, 0) is 32.1 Å². The lowest BCUT2D eigenvalue weighted by atomic mass is 10.0. The van der Waals surface area contributed by atoms with Crippen LogP contribution in [0.3, 0.4) is 0 Å². The Labute approximate surface area is 399 Å². The standard InChI is InChI=1S/C58H113NO5/c1-3-5-7-9-11-13-14-15-16-22-26-29-32-36-40-44-48-52-58(63)64-53-49-45-41-37-33-30-27-24-21-19-17-18-20-23-25-28-31-35-39-43-47-51-57(62)59-55(54-60)56(61)50-46-42-38-34-12-10-8-6-4-2/h46,50,55-56,60-61H,3-45,47-49,51-54H2,1-2H3,(H,59,62)/b50-46+. The number of aliphatic hydroxyl groups excluding tert-OH is 2. The highest BCUT2D eigenvalue weighted by molar-refractivity contribution is 5.76. The van der Waals surface area contributed by atoms with Gasteiger partial charge in [0.05, 0.1) is 25.4 Å². The molecule has 0 rings (SSSR count). The third kappa shape index (κ3) is 50.0. The number of allylic oxidation sites excluding steroid dienone is 1. The van der Waals surface area contributed by atoms with Crippen LogP contribution in [0.25, 0.3) is 0 Å². The predicted octanol–water partition coefficient (Wildman–Crippen LogP) is 17.7. The van der Waals surface area contributed by atoms with Gasteiger partial charge in [-0.1, -0.05) is 289 Å². The number of amides is 1. The molecular formula is C58H113NO5. The van der Waals surface area contributed by atoms with E-state index in [2.05, 4.69) is 19.2 Å². The Hall–Kier alpha value is -1.40. The number of hydrogen-bond acceptors (Lipinski definition) is 5. The quantitative estimate of drug-likeness (QED) is 0.0321. The van der Waals surface area contributed by atoms with Crippen LogP contribution in [0, 0.1) is 0 Å². The van der Waals surface area contributed by atoms with Gasteiger partial charge < -0.3 is 20.3 Å². The Morgan fingerprint density at radius 1 is 0.422 bits per heavy atom. The first kappa shape index (κ1) is 62.6. The normalized spacial score (nSPS) is 12.6. The van der Waals surface area contributed by atoms with E-state index in [4.69, 9.17) is 4.74 Å². The number of ether oxygens (including phenoxy) is 1. The number of aliphatic hydroxyl groups is 2. The smallest absolute Gasteiger partial charge is 0.305 e. The molecule has 0 bridgehead atoms. The minimum Gasteiger partial charge on any atom is -0.466 e. The Morgan fingerprint density at radius 2 is 0.719 bits per heavy atom. The molecule has 6 nitrogen and oxygen atoms in total. The van der Waals surface area contributed by atoms with Gasteiger partial charge in [0.15, 0.2) is 0 Å². The number of nitrogens with one attached hydrogen (secondary N) is 1. The van der Waals surface area contributed by atoms with E-state index in [9.17, 15) is 19.8 Å². The second kappa shape index (κ2) is 54.2. The molecule has 6 heteroatoms. The van der Waals surface area contributed by atoms with E-state index in [-0.39, 0.29) is 18.5 Å². The molecule has 0 aliphatic heterocycles. The summed E-state index contributed by atoms with van der Waals surface area (Å²) in [6.07, 6.45) is 63.9. The Kier molecular flexibility index (Phi) is 53.0. The van der Waals surface area contributed by atoms with Crippen LogP contribution in [0.4, 0.5) is 0 Å². The fourth-order valence-electron chi connectivity index (χ4n) is 9.11. The monoisotopic (exact) mass is 904 g/mol. The van der Waals surface area contributed by atoms with E-state index < -0.39 is 12.1 Å². The fraction of sp³-hybridized carbons (Fsp3) is 0.931. The molecule has 0 aliphatic rings. The topological polar surface area (TPSA) is 95.9 Å². The average Bonchev–Trinajstić information content (AvgIpc) is 3.29. The SMILES string of the molecule is CCCCCCCCC/C=C/C(O)C(CO)NC(=O)CCCCCCCCCCCCCCCCCCCCCCCOC(=O)CCCCCCCCCCCCCCCCCCC. The summed E-state index contributed by atoms with van der Waals surface area (Å²) >= 11 is 0. The molecule has 0 aromatic heterocycles. The van der Waals surface area contributed by atoms with Gasteiger partial charge in [-0.15, -0.1) is 0 Å². The van der Waals surface area contributed by atoms with Crippen LogP contribution < -0.4 is 5.32 Å². The van der Waals surface area contributed by atoms with E-state index in [0.29, 0.717) is 19.4 Å². The van der Waals surface area contributed by atoms with Gasteiger partial charge in [0.1, 0.15) is 0 Å². The first-order chi connectivity index (χ1) is 31.5. The van der Waals surface area contributed by atoms with Crippen molar-refractivity contribution in [3.63, 3.8) is 0 Å². The Balaban J connectivity index is 3.34. The van der Waals surface area contributed by atoms with Crippen LogP contribution in [0.5, 0.6) is 0 Å². The van der Waals surface area contributed by atoms with Gasteiger partial charge in [0.2, 0.25) is 5.91 Å². The zero-order valence-corrected chi connectivity index (χ0v) is 43.3. The lowest BCUT2D eigenvalue weighted by Gasteiger charge is -2.20. The van der Waals surface area contributed by atoms with Crippen LogP contribution in [0.2, 0.25) is 0 Å². The number of unbranched alkanes of at least 4 members (excludes halogenated alkanes) is 43. The molecule has 2 atom stereocenters. The molecule has 0 aliphatic carbocycles. The highest BCUT2D eigenvalue weighted by Gasteiger charge is 2.18. The third-order valence-corrected chi connectivity index (χ3v) is 13.6. The van der Waals surface area contributed by atoms with E-state index in [1.54, 1.807) is 6.08 Å². The van der Waals surface area contributed by atoms with Crippen molar-refractivity contribution in [2.75, 3.05) is 13.2 Å². The fourth-order valence-corrected chi connectivity index (χ4v) is 9.11. The van der Waals surface area contributed by atoms with Crippen molar-refractivity contribution in [2.24, 2.45) is 0 Å². The summed E-state index contributed by atoms with van der Waals surface area (Å²) < 4.78 is 5.49. The number of carbonyl (C=O) groups is 2. The predicted molar refractivity (Wildman–Crippen MR) is 278 cm³/mol. The molecule has 0 aromatic rings. The van der Waals surface area contributed by atoms with Gasteiger partial charge in [-0.2, -0.15) is 0 Å². The Bertz CT molecular complexity index is 955. The van der Waals surface area contributed by atoms with Gasteiger partial charge >= 0.3 is 5.97 Å². The lowest BCUT2D eigenvalue weighted by Crippen LogP contribution is -2.45. The van der Waals surface area contributed by atoms with Crippen LogP contribution in [-0.4, -0.2) is 47.4 Å². The van der Waals surface area contributed by atoms with Crippen LogP contribution in [0.15, 0.2) is 12.2 Å². The second-order valence-electron chi connectivity index (χ2n) is 20.0. The lowest BCUT2D eigenvalue weighted by molar-refractivity contribution is -0.143. The molecule has 0 saturated heterocycles. The van der Waals surface area contributed by atoms with Crippen molar-refractivity contribution in [3.05, 3.63) is 12.2 Å². The molecule has 0 heterocycles. The van der Waals surface area contributed by atoms with Crippen LogP contribution >= 0.6 is 0 Å². The molecule has 3 N–H and O–H groups in total. The molecule has 0 saturated carbocycles. The van der Waals surface area contributed by atoms with E-state index >= 15 is 0 Å². The molecule has 1 amide bonds. The number of hydrogen-bond donors (Lipinski definition) is 3. The van der Waals surface area contributed by atoms with Crippen molar-refractivity contribution in [2.45, 2.75) is 334 Å². The van der Waals surface area contributed by atoms with E-state index in [1.807, 2.05) is 6.08 Å². The zero-order valence-electron chi connectivity index (χ0n) is 43.3. The molecule has 0 spiro atoms.